The van der Waals surface area contributed by atoms with Crippen LogP contribution in [-0.2, 0) is 16.1 Å². The van der Waals surface area contributed by atoms with Crippen molar-refractivity contribution < 1.29 is 14.0 Å². The number of nitrogens with zero attached hydrogens (tertiary/aromatic N) is 2. The molecule has 1 aliphatic heterocycles. The van der Waals surface area contributed by atoms with Crippen LogP contribution in [0.4, 0.5) is 4.39 Å². The van der Waals surface area contributed by atoms with E-state index in [1.807, 2.05) is 4.90 Å². The van der Waals surface area contributed by atoms with E-state index in [0.29, 0.717) is 30.5 Å². The standard InChI is InChI=1S/C25H36FN3O2/c26-22-13-7-6-12-21(22)18-27-24(30)23(19-8-4-5-9-19)28-14-16-29(17-15-28)25(31)20-10-2-1-3-11-20/h6-7,12-13,19-20,23H,1-5,8-11,14-18H2,(H,27,30). The van der Waals surface area contributed by atoms with Crippen molar-refractivity contribution in [3.63, 3.8) is 0 Å². The Labute approximate surface area is 185 Å². The largest absolute Gasteiger partial charge is 0.351 e. The zero-order valence-electron chi connectivity index (χ0n) is 18.5. The van der Waals surface area contributed by atoms with Gasteiger partial charge in [0.05, 0.1) is 6.04 Å². The molecular formula is C25H36FN3O2. The quantitative estimate of drug-likeness (QED) is 0.750. The highest BCUT2D eigenvalue weighted by atomic mass is 19.1. The molecule has 31 heavy (non-hydrogen) atoms. The summed E-state index contributed by atoms with van der Waals surface area (Å²) in [4.78, 5) is 30.4. The molecule has 0 radical (unpaired) electrons. The van der Waals surface area contributed by atoms with E-state index in [4.69, 9.17) is 0 Å². The van der Waals surface area contributed by atoms with E-state index >= 15 is 0 Å². The van der Waals surface area contributed by atoms with Crippen LogP contribution in [0.25, 0.3) is 0 Å². The molecule has 5 nitrogen and oxygen atoms in total. The summed E-state index contributed by atoms with van der Waals surface area (Å²) in [5.74, 6) is 0.592. The first-order valence-electron chi connectivity index (χ1n) is 12.2. The zero-order chi connectivity index (χ0) is 21.6. The maximum atomic E-state index is 14.0. The minimum absolute atomic E-state index is 0.00205. The van der Waals surface area contributed by atoms with Gasteiger partial charge in [0, 0.05) is 44.2 Å². The zero-order valence-corrected chi connectivity index (χ0v) is 18.5. The smallest absolute Gasteiger partial charge is 0.237 e. The predicted octanol–water partition coefficient (Wildman–Crippen LogP) is 3.73. The van der Waals surface area contributed by atoms with Crippen LogP contribution in [0.1, 0.15) is 63.4 Å². The van der Waals surface area contributed by atoms with E-state index in [2.05, 4.69) is 10.2 Å². The summed E-state index contributed by atoms with van der Waals surface area (Å²) in [6.07, 6.45) is 10.1. The number of carbonyl (C=O) groups is 2. The normalized spacial score (nSPS) is 22.4. The minimum Gasteiger partial charge on any atom is -0.351 e. The van der Waals surface area contributed by atoms with Gasteiger partial charge in [0.2, 0.25) is 11.8 Å². The average Bonchev–Trinajstić information content (AvgIpc) is 3.33. The van der Waals surface area contributed by atoms with Gasteiger partial charge in [0.15, 0.2) is 0 Å². The van der Waals surface area contributed by atoms with Crippen molar-refractivity contribution in [2.75, 3.05) is 26.2 Å². The van der Waals surface area contributed by atoms with Gasteiger partial charge in [-0.3, -0.25) is 14.5 Å². The van der Waals surface area contributed by atoms with Crippen LogP contribution < -0.4 is 5.32 Å². The SMILES string of the molecule is O=C(NCc1ccccc1F)C(C1CCCC1)N1CCN(C(=O)C2CCCCC2)CC1. The molecule has 3 fully saturated rings. The summed E-state index contributed by atoms with van der Waals surface area (Å²) in [6.45, 7) is 3.12. The summed E-state index contributed by atoms with van der Waals surface area (Å²) in [6, 6.07) is 6.42. The topological polar surface area (TPSA) is 52.7 Å². The molecule has 2 saturated carbocycles. The molecule has 1 N–H and O–H groups in total. The maximum absolute atomic E-state index is 14.0. The van der Waals surface area contributed by atoms with E-state index in [1.165, 1.54) is 38.2 Å². The summed E-state index contributed by atoms with van der Waals surface area (Å²) in [5.41, 5.74) is 0.518. The average molecular weight is 430 g/mol. The second kappa shape index (κ2) is 10.6. The van der Waals surface area contributed by atoms with E-state index in [0.717, 1.165) is 38.8 Å². The molecule has 0 aromatic heterocycles. The number of hydrogen-bond acceptors (Lipinski definition) is 3. The highest BCUT2D eigenvalue weighted by Crippen LogP contribution is 2.32. The third kappa shape index (κ3) is 5.46. The Kier molecular flexibility index (Phi) is 7.59. The minimum atomic E-state index is -0.282. The number of hydrogen-bond donors (Lipinski definition) is 1. The summed E-state index contributed by atoms with van der Waals surface area (Å²) >= 11 is 0. The van der Waals surface area contributed by atoms with Gasteiger partial charge in [-0.05, 0) is 37.7 Å². The first-order chi connectivity index (χ1) is 15.1. The first kappa shape index (κ1) is 22.3. The van der Waals surface area contributed by atoms with Gasteiger partial charge < -0.3 is 10.2 Å². The van der Waals surface area contributed by atoms with Crippen LogP contribution in [-0.4, -0.2) is 53.8 Å². The number of piperazine rings is 1. The lowest BCUT2D eigenvalue weighted by molar-refractivity contribution is -0.139. The monoisotopic (exact) mass is 429 g/mol. The lowest BCUT2D eigenvalue weighted by Gasteiger charge is -2.41. The Morgan fingerprint density at radius 1 is 0.935 bits per heavy atom. The molecule has 6 heteroatoms. The lowest BCUT2D eigenvalue weighted by Crippen LogP contribution is -2.58. The Morgan fingerprint density at radius 3 is 2.26 bits per heavy atom. The van der Waals surface area contributed by atoms with Gasteiger partial charge in [-0.1, -0.05) is 50.3 Å². The van der Waals surface area contributed by atoms with Crippen LogP contribution in [0.15, 0.2) is 24.3 Å². The summed E-state index contributed by atoms with van der Waals surface area (Å²) in [5, 5.41) is 3.00. The molecule has 1 atom stereocenters. The Morgan fingerprint density at radius 2 is 1.58 bits per heavy atom. The van der Waals surface area contributed by atoms with E-state index in [-0.39, 0.29) is 30.2 Å². The molecule has 0 bridgehead atoms. The molecular weight excluding hydrogens is 393 g/mol. The highest BCUT2D eigenvalue weighted by molar-refractivity contribution is 5.82. The van der Waals surface area contributed by atoms with E-state index in [1.54, 1.807) is 18.2 Å². The number of benzene rings is 1. The molecule has 4 rings (SSSR count). The van der Waals surface area contributed by atoms with Crippen LogP contribution in [0.3, 0.4) is 0 Å². The van der Waals surface area contributed by atoms with Crippen molar-refractivity contribution in [3.8, 4) is 0 Å². The van der Waals surface area contributed by atoms with Crippen LogP contribution in [0, 0.1) is 17.7 Å². The van der Waals surface area contributed by atoms with Gasteiger partial charge in [0.1, 0.15) is 5.82 Å². The van der Waals surface area contributed by atoms with Gasteiger partial charge in [0.25, 0.3) is 0 Å². The third-order valence-corrected chi connectivity index (χ3v) is 7.50. The van der Waals surface area contributed by atoms with E-state index < -0.39 is 0 Å². The molecule has 3 aliphatic rings. The number of amides is 2. The highest BCUT2D eigenvalue weighted by Gasteiger charge is 2.38. The van der Waals surface area contributed by atoms with Crippen molar-refractivity contribution in [2.45, 2.75) is 70.4 Å². The molecule has 1 aromatic carbocycles. The number of carbonyl (C=O) groups excluding carboxylic acids is 2. The number of halogens is 1. The molecule has 2 aliphatic carbocycles. The maximum Gasteiger partial charge on any atom is 0.237 e. The van der Waals surface area contributed by atoms with Gasteiger partial charge in [-0.2, -0.15) is 0 Å². The van der Waals surface area contributed by atoms with Crippen molar-refractivity contribution in [1.29, 1.82) is 0 Å². The van der Waals surface area contributed by atoms with E-state index in [9.17, 15) is 14.0 Å². The molecule has 1 unspecified atom stereocenters. The number of nitrogens with one attached hydrogen (secondary N) is 1. The number of rotatable bonds is 6. The van der Waals surface area contributed by atoms with Crippen LogP contribution >= 0.6 is 0 Å². The second-order valence-corrected chi connectivity index (χ2v) is 9.49. The van der Waals surface area contributed by atoms with Crippen molar-refractivity contribution in [2.24, 2.45) is 11.8 Å². The summed E-state index contributed by atoms with van der Waals surface area (Å²) < 4.78 is 14.0. The fourth-order valence-electron chi connectivity index (χ4n) is 5.71. The van der Waals surface area contributed by atoms with Gasteiger partial charge in [-0.15, -0.1) is 0 Å². The molecule has 0 spiro atoms. The Bertz CT molecular complexity index is 751. The molecule has 1 saturated heterocycles. The Hall–Kier alpha value is -1.95. The molecule has 1 aromatic rings. The Balaban J connectivity index is 1.36. The summed E-state index contributed by atoms with van der Waals surface area (Å²) in [7, 11) is 0. The van der Waals surface area contributed by atoms with Crippen molar-refractivity contribution >= 4 is 11.8 Å². The fourth-order valence-corrected chi connectivity index (χ4v) is 5.71. The van der Waals surface area contributed by atoms with Crippen molar-refractivity contribution in [1.82, 2.24) is 15.1 Å². The fraction of sp³-hybridized carbons (Fsp3) is 0.680. The van der Waals surface area contributed by atoms with Gasteiger partial charge in [-0.25, -0.2) is 4.39 Å². The van der Waals surface area contributed by atoms with Crippen LogP contribution in [0.2, 0.25) is 0 Å². The van der Waals surface area contributed by atoms with Crippen LogP contribution in [0.5, 0.6) is 0 Å². The first-order valence-corrected chi connectivity index (χ1v) is 12.2. The molecule has 1 heterocycles. The van der Waals surface area contributed by atoms with Gasteiger partial charge >= 0.3 is 0 Å². The predicted molar refractivity (Wildman–Crippen MR) is 119 cm³/mol. The third-order valence-electron chi connectivity index (χ3n) is 7.50. The van der Waals surface area contributed by atoms with Crippen molar-refractivity contribution in [3.05, 3.63) is 35.6 Å². The lowest BCUT2D eigenvalue weighted by atomic mass is 9.88. The second-order valence-electron chi connectivity index (χ2n) is 9.49. The molecule has 170 valence electrons. The molecule has 2 amide bonds.